The van der Waals surface area contributed by atoms with Gasteiger partial charge in [0.05, 0.1) is 12.6 Å². The molecule has 1 amide bonds. The number of H-pyrrole nitrogens is 1. The number of carbonyl (C=O) groups is 3. The van der Waals surface area contributed by atoms with Crippen molar-refractivity contribution >= 4 is 17.7 Å². The summed E-state index contributed by atoms with van der Waals surface area (Å²) >= 11 is 0. The maximum absolute atomic E-state index is 13.3. The van der Waals surface area contributed by atoms with Gasteiger partial charge in [-0.2, -0.15) is 0 Å². The summed E-state index contributed by atoms with van der Waals surface area (Å²) in [5.41, 5.74) is 1.90. The molecular weight excluding hydrogens is 372 g/mol. The summed E-state index contributed by atoms with van der Waals surface area (Å²) in [5, 5.41) is 0. The van der Waals surface area contributed by atoms with E-state index in [-0.39, 0.29) is 29.9 Å². The van der Waals surface area contributed by atoms with E-state index >= 15 is 0 Å². The Bertz CT molecular complexity index is 708. The first-order valence-electron chi connectivity index (χ1n) is 10.4. The van der Waals surface area contributed by atoms with Gasteiger partial charge in [-0.25, -0.2) is 4.79 Å². The first kappa shape index (κ1) is 24.9. The smallest absolute Gasteiger partial charge is 0.355 e. The molecule has 0 aliphatic carbocycles. The third kappa shape index (κ3) is 6.70. The van der Waals surface area contributed by atoms with Gasteiger partial charge in [0.15, 0.2) is 5.78 Å². The predicted octanol–water partition coefficient (Wildman–Crippen LogP) is 3.68. The van der Waals surface area contributed by atoms with Crippen LogP contribution in [-0.4, -0.2) is 60.0 Å². The summed E-state index contributed by atoms with van der Waals surface area (Å²) in [6, 6.07) is -0.633. The molecule has 1 N–H and O–H groups in total. The van der Waals surface area contributed by atoms with E-state index in [9.17, 15) is 14.4 Å². The molecule has 0 aliphatic heterocycles. The van der Waals surface area contributed by atoms with Crippen LogP contribution in [-0.2, 0) is 14.3 Å². The van der Waals surface area contributed by atoms with Gasteiger partial charge in [0, 0.05) is 37.4 Å². The van der Waals surface area contributed by atoms with Gasteiger partial charge < -0.3 is 19.4 Å². The number of ketones is 1. The number of hydrogen-bond acceptors (Lipinski definition) is 5. The fourth-order valence-electron chi connectivity index (χ4n) is 3.36. The highest BCUT2D eigenvalue weighted by atomic mass is 16.5. The summed E-state index contributed by atoms with van der Waals surface area (Å²) < 4.78 is 10.4. The Morgan fingerprint density at radius 3 is 2.28 bits per heavy atom. The molecule has 0 spiro atoms. The van der Waals surface area contributed by atoms with Crippen molar-refractivity contribution in [3.8, 4) is 0 Å². The summed E-state index contributed by atoms with van der Waals surface area (Å²) in [7, 11) is 0. The van der Waals surface area contributed by atoms with Crippen molar-refractivity contribution < 1.29 is 23.9 Å². The van der Waals surface area contributed by atoms with Crippen LogP contribution in [0.3, 0.4) is 0 Å². The van der Waals surface area contributed by atoms with E-state index in [0.29, 0.717) is 49.4 Å². The topological polar surface area (TPSA) is 88.7 Å². The average Bonchev–Trinajstić information content (AvgIpc) is 2.94. The zero-order valence-corrected chi connectivity index (χ0v) is 18.9. The third-order valence-electron chi connectivity index (χ3n) is 4.81. The number of amides is 1. The number of Topliss-reactive ketones (excluding diaryl/α,β-unsaturated/α-hetero) is 1. The predicted molar refractivity (Wildman–Crippen MR) is 112 cm³/mol. The molecule has 29 heavy (non-hydrogen) atoms. The van der Waals surface area contributed by atoms with Gasteiger partial charge in [0.25, 0.3) is 0 Å². The summed E-state index contributed by atoms with van der Waals surface area (Å²) in [6.45, 7) is 14.7. The van der Waals surface area contributed by atoms with Gasteiger partial charge in [-0.05, 0) is 52.5 Å². The van der Waals surface area contributed by atoms with E-state index in [1.165, 1.54) is 0 Å². The Balaban J connectivity index is 3.11. The Kier molecular flexibility index (Phi) is 10.1. The monoisotopic (exact) mass is 408 g/mol. The molecule has 0 saturated carbocycles. The molecule has 1 aromatic rings. The minimum absolute atomic E-state index is 0.0474. The van der Waals surface area contributed by atoms with Crippen LogP contribution in [0.1, 0.15) is 79.6 Å². The number of carbonyl (C=O) groups excluding carboxylic acids is 3. The molecular formula is C22H36N2O5. The second kappa shape index (κ2) is 11.8. The van der Waals surface area contributed by atoms with Crippen LogP contribution < -0.4 is 0 Å². The number of nitrogens with one attached hydrogen (secondary N) is 1. The summed E-state index contributed by atoms with van der Waals surface area (Å²) in [6.07, 6.45) is 1.04. The normalized spacial score (nSPS) is 12.1. The lowest BCUT2D eigenvalue weighted by Crippen LogP contribution is -2.44. The highest BCUT2D eigenvalue weighted by Gasteiger charge is 2.31. The van der Waals surface area contributed by atoms with Gasteiger partial charge in [0.1, 0.15) is 5.69 Å². The highest BCUT2D eigenvalue weighted by Crippen LogP contribution is 2.23. The molecule has 0 fully saturated rings. The van der Waals surface area contributed by atoms with Crippen LogP contribution >= 0.6 is 0 Å². The molecule has 0 aromatic carbocycles. The van der Waals surface area contributed by atoms with Crippen LogP contribution in [0.5, 0.6) is 0 Å². The number of rotatable bonds is 12. The SMILES string of the molecule is CCOCCCN(C(=O)CC(C)C)C(C)C(=O)c1c(C)[nH]c(C(=O)OCC)c1C. The highest BCUT2D eigenvalue weighted by molar-refractivity contribution is 6.06. The van der Waals surface area contributed by atoms with Crippen molar-refractivity contribution in [1.82, 2.24) is 9.88 Å². The summed E-state index contributed by atoms with van der Waals surface area (Å²) in [5.74, 6) is -0.510. The number of ether oxygens (including phenoxy) is 2. The Morgan fingerprint density at radius 1 is 1.07 bits per heavy atom. The van der Waals surface area contributed by atoms with Gasteiger partial charge >= 0.3 is 5.97 Å². The van der Waals surface area contributed by atoms with Gasteiger partial charge in [-0.15, -0.1) is 0 Å². The quantitative estimate of drug-likeness (QED) is 0.324. The second-order valence-electron chi connectivity index (χ2n) is 7.62. The Hall–Kier alpha value is -2.15. The molecule has 7 nitrogen and oxygen atoms in total. The zero-order valence-electron chi connectivity index (χ0n) is 18.9. The van der Waals surface area contributed by atoms with Crippen molar-refractivity contribution in [2.45, 2.75) is 67.3 Å². The van der Waals surface area contributed by atoms with Crippen molar-refractivity contribution in [1.29, 1.82) is 0 Å². The first-order valence-corrected chi connectivity index (χ1v) is 10.4. The number of hydrogen-bond donors (Lipinski definition) is 1. The number of aryl methyl sites for hydroxylation is 1. The number of aromatic amines is 1. The van der Waals surface area contributed by atoms with Crippen molar-refractivity contribution in [3.05, 3.63) is 22.5 Å². The fourth-order valence-corrected chi connectivity index (χ4v) is 3.36. The molecule has 0 aliphatic rings. The number of aromatic nitrogens is 1. The zero-order chi connectivity index (χ0) is 22.1. The van der Waals surface area contributed by atoms with E-state index in [2.05, 4.69) is 4.98 Å². The van der Waals surface area contributed by atoms with E-state index < -0.39 is 12.0 Å². The molecule has 7 heteroatoms. The van der Waals surface area contributed by atoms with Crippen molar-refractivity contribution in [2.24, 2.45) is 5.92 Å². The van der Waals surface area contributed by atoms with Gasteiger partial charge in [0.2, 0.25) is 5.91 Å². The molecule has 1 atom stereocenters. The lowest BCUT2D eigenvalue weighted by Gasteiger charge is -2.29. The minimum Gasteiger partial charge on any atom is -0.461 e. The molecule has 0 radical (unpaired) electrons. The number of esters is 1. The number of nitrogens with zero attached hydrogens (tertiary/aromatic N) is 1. The van der Waals surface area contributed by atoms with E-state index in [0.717, 1.165) is 0 Å². The Morgan fingerprint density at radius 2 is 1.72 bits per heavy atom. The van der Waals surface area contributed by atoms with Gasteiger partial charge in [-0.3, -0.25) is 9.59 Å². The first-order chi connectivity index (χ1) is 13.6. The van der Waals surface area contributed by atoms with Crippen LogP contribution in [0.2, 0.25) is 0 Å². The maximum atomic E-state index is 13.3. The molecule has 1 aromatic heterocycles. The fraction of sp³-hybridized carbons (Fsp3) is 0.682. The van der Waals surface area contributed by atoms with Crippen LogP contribution in [0.25, 0.3) is 0 Å². The van der Waals surface area contributed by atoms with E-state index in [1.807, 2.05) is 20.8 Å². The van der Waals surface area contributed by atoms with Crippen LogP contribution in [0.4, 0.5) is 0 Å². The molecule has 1 unspecified atom stereocenters. The lowest BCUT2D eigenvalue weighted by atomic mass is 9.99. The molecule has 0 saturated heterocycles. The molecule has 1 rings (SSSR count). The maximum Gasteiger partial charge on any atom is 0.355 e. The molecule has 164 valence electrons. The van der Waals surface area contributed by atoms with Gasteiger partial charge in [-0.1, -0.05) is 13.8 Å². The van der Waals surface area contributed by atoms with E-state index in [1.54, 1.807) is 32.6 Å². The molecule has 1 heterocycles. The largest absolute Gasteiger partial charge is 0.461 e. The van der Waals surface area contributed by atoms with Crippen LogP contribution in [0, 0.1) is 19.8 Å². The Labute approximate surface area is 174 Å². The second-order valence-corrected chi connectivity index (χ2v) is 7.62. The minimum atomic E-state index is -0.633. The third-order valence-corrected chi connectivity index (χ3v) is 4.81. The van der Waals surface area contributed by atoms with E-state index in [4.69, 9.17) is 9.47 Å². The standard InChI is InChI=1S/C22H36N2O5/c1-8-28-12-10-11-24(18(25)13-14(3)4)17(7)21(26)19-15(5)20(23-16(19)6)22(27)29-9-2/h14,17,23H,8-13H2,1-7H3. The average molecular weight is 409 g/mol. The van der Waals surface area contributed by atoms with Crippen molar-refractivity contribution in [2.75, 3.05) is 26.4 Å². The van der Waals surface area contributed by atoms with Crippen LogP contribution in [0.15, 0.2) is 0 Å². The molecule has 0 bridgehead atoms. The lowest BCUT2D eigenvalue weighted by molar-refractivity contribution is -0.133. The van der Waals surface area contributed by atoms with Crippen molar-refractivity contribution in [3.63, 3.8) is 0 Å². The summed E-state index contributed by atoms with van der Waals surface area (Å²) in [4.78, 5) is 42.9.